The molecule has 0 radical (unpaired) electrons. The highest BCUT2D eigenvalue weighted by Crippen LogP contribution is 2.02. The molecular formula is C18H38O9. The molecule has 0 fully saturated rings. The molecule has 0 heterocycles. The summed E-state index contributed by atoms with van der Waals surface area (Å²) in [5.41, 5.74) is 0. The fourth-order valence-corrected chi connectivity index (χ4v) is 1.26. The molecule has 0 amide bonds. The molecule has 0 saturated carbocycles. The Bertz CT molecular complexity index is 291. The molecule has 0 unspecified atom stereocenters. The van der Waals surface area contributed by atoms with E-state index in [0.29, 0.717) is 32.1 Å². The van der Waals surface area contributed by atoms with E-state index in [2.05, 4.69) is 0 Å². The molecule has 0 bridgehead atoms. The SMILES string of the molecule is CCCC(=O)O.CCCC(=O)O.CCCC(=O)O.OCCCC(CO)CO. The van der Waals surface area contributed by atoms with Crippen molar-refractivity contribution in [3.8, 4) is 0 Å². The van der Waals surface area contributed by atoms with Gasteiger partial charge in [-0.1, -0.05) is 20.8 Å². The first-order valence-corrected chi connectivity index (χ1v) is 9.14. The van der Waals surface area contributed by atoms with Crippen LogP contribution in [0.3, 0.4) is 0 Å². The third kappa shape index (κ3) is 51.6. The third-order valence-electron chi connectivity index (χ3n) is 2.68. The number of aliphatic hydroxyl groups excluding tert-OH is 3. The van der Waals surface area contributed by atoms with Crippen LogP contribution in [0, 0.1) is 5.92 Å². The molecule has 0 aliphatic rings. The zero-order chi connectivity index (χ0) is 22.1. The molecule has 0 aliphatic heterocycles. The largest absolute Gasteiger partial charge is 0.481 e. The van der Waals surface area contributed by atoms with Gasteiger partial charge in [-0.2, -0.15) is 0 Å². The van der Waals surface area contributed by atoms with E-state index in [0.717, 1.165) is 19.3 Å². The molecule has 0 saturated heterocycles. The first kappa shape index (κ1) is 32.9. The first-order valence-electron chi connectivity index (χ1n) is 9.14. The second-order valence-electron chi connectivity index (χ2n) is 5.53. The third-order valence-corrected chi connectivity index (χ3v) is 2.68. The highest BCUT2D eigenvalue weighted by Gasteiger charge is 2.03. The molecule has 9 heteroatoms. The van der Waals surface area contributed by atoms with Gasteiger partial charge in [-0.15, -0.1) is 0 Å². The highest BCUT2D eigenvalue weighted by molar-refractivity contribution is 5.67. The van der Waals surface area contributed by atoms with E-state index in [-0.39, 0.29) is 25.7 Å². The van der Waals surface area contributed by atoms with Crippen LogP contribution >= 0.6 is 0 Å². The zero-order valence-corrected chi connectivity index (χ0v) is 16.8. The maximum atomic E-state index is 9.60. The van der Waals surface area contributed by atoms with Crippen molar-refractivity contribution in [3.63, 3.8) is 0 Å². The molecular weight excluding hydrogens is 360 g/mol. The number of carbonyl (C=O) groups is 3. The van der Waals surface area contributed by atoms with Gasteiger partial charge in [-0.25, -0.2) is 0 Å². The van der Waals surface area contributed by atoms with Gasteiger partial charge in [0.2, 0.25) is 0 Å². The van der Waals surface area contributed by atoms with Gasteiger partial charge < -0.3 is 30.6 Å². The summed E-state index contributed by atoms with van der Waals surface area (Å²) >= 11 is 0. The van der Waals surface area contributed by atoms with Crippen LogP contribution in [0.15, 0.2) is 0 Å². The molecule has 0 atom stereocenters. The second kappa shape index (κ2) is 29.1. The minimum absolute atomic E-state index is 0.0104. The average Bonchev–Trinajstić information content (AvgIpc) is 2.57. The van der Waals surface area contributed by atoms with E-state index in [4.69, 9.17) is 30.6 Å². The number of rotatable bonds is 11. The van der Waals surface area contributed by atoms with Crippen LogP contribution in [0.5, 0.6) is 0 Å². The molecule has 6 N–H and O–H groups in total. The first-order chi connectivity index (χ1) is 12.7. The van der Waals surface area contributed by atoms with Crippen LogP contribution in [0.4, 0.5) is 0 Å². The summed E-state index contributed by atoms with van der Waals surface area (Å²) in [5, 5.41) is 49.1. The molecule has 0 spiro atoms. The van der Waals surface area contributed by atoms with Gasteiger partial charge in [0.1, 0.15) is 0 Å². The van der Waals surface area contributed by atoms with E-state index >= 15 is 0 Å². The summed E-state index contributed by atoms with van der Waals surface area (Å²) in [6, 6.07) is 0. The lowest BCUT2D eigenvalue weighted by molar-refractivity contribution is -0.138. The average molecular weight is 398 g/mol. The van der Waals surface area contributed by atoms with Crippen LogP contribution in [-0.4, -0.2) is 68.4 Å². The fraction of sp³-hybridized carbons (Fsp3) is 0.833. The molecule has 164 valence electrons. The van der Waals surface area contributed by atoms with Crippen LogP contribution in [0.1, 0.15) is 72.1 Å². The minimum Gasteiger partial charge on any atom is -0.481 e. The summed E-state index contributed by atoms with van der Waals surface area (Å²) in [6.45, 7) is 5.68. The number of carboxylic acid groups (broad SMARTS) is 3. The lowest BCUT2D eigenvalue weighted by Gasteiger charge is -2.07. The summed E-state index contributed by atoms with van der Waals surface area (Å²) in [7, 11) is 0. The van der Waals surface area contributed by atoms with Crippen LogP contribution in [0.2, 0.25) is 0 Å². The number of hydrogen-bond acceptors (Lipinski definition) is 6. The van der Waals surface area contributed by atoms with Crippen molar-refractivity contribution in [2.45, 2.75) is 72.1 Å². The number of aliphatic carboxylic acids is 3. The normalized spacial score (nSPS) is 9.00. The molecule has 27 heavy (non-hydrogen) atoms. The van der Waals surface area contributed by atoms with Crippen LogP contribution in [0.25, 0.3) is 0 Å². The minimum atomic E-state index is -0.711. The summed E-state index contributed by atoms with van der Waals surface area (Å²) in [5.74, 6) is -2.18. The van der Waals surface area contributed by atoms with Crippen molar-refractivity contribution >= 4 is 17.9 Å². The van der Waals surface area contributed by atoms with Crippen LogP contribution < -0.4 is 0 Å². The fourth-order valence-electron chi connectivity index (χ4n) is 1.26. The zero-order valence-electron chi connectivity index (χ0n) is 16.8. The predicted molar refractivity (Wildman–Crippen MR) is 102 cm³/mol. The highest BCUT2D eigenvalue weighted by atomic mass is 16.4. The Morgan fingerprint density at radius 3 is 1.07 bits per heavy atom. The van der Waals surface area contributed by atoms with E-state index < -0.39 is 17.9 Å². The van der Waals surface area contributed by atoms with Crippen molar-refractivity contribution < 1.29 is 45.0 Å². The lowest BCUT2D eigenvalue weighted by atomic mass is 10.1. The monoisotopic (exact) mass is 398 g/mol. The van der Waals surface area contributed by atoms with Crippen molar-refractivity contribution in [2.75, 3.05) is 19.8 Å². The van der Waals surface area contributed by atoms with Gasteiger partial charge in [0.05, 0.1) is 0 Å². The van der Waals surface area contributed by atoms with Crippen molar-refractivity contribution in [2.24, 2.45) is 5.92 Å². The van der Waals surface area contributed by atoms with E-state index in [1.165, 1.54) is 0 Å². The number of carboxylic acids is 3. The number of hydrogen-bond donors (Lipinski definition) is 6. The van der Waals surface area contributed by atoms with E-state index in [1.807, 2.05) is 20.8 Å². The number of aliphatic hydroxyl groups is 3. The summed E-state index contributed by atoms with van der Waals surface area (Å²) < 4.78 is 0. The Morgan fingerprint density at radius 1 is 0.667 bits per heavy atom. The van der Waals surface area contributed by atoms with Crippen molar-refractivity contribution in [1.29, 1.82) is 0 Å². The Morgan fingerprint density at radius 2 is 0.963 bits per heavy atom. The lowest BCUT2D eigenvalue weighted by Crippen LogP contribution is -2.11. The maximum Gasteiger partial charge on any atom is 0.303 e. The van der Waals surface area contributed by atoms with Crippen LogP contribution in [-0.2, 0) is 14.4 Å². The Labute approximate surface area is 161 Å². The van der Waals surface area contributed by atoms with Gasteiger partial charge in [-0.3, -0.25) is 14.4 Å². The molecule has 0 rings (SSSR count). The predicted octanol–water partition coefficient (Wildman–Crippen LogP) is 1.97. The molecule has 0 aromatic rings. The van der Waals surface area contributed by atoms with Gasteiger partial charge in [0, 0.05) is 45.0 Å². The van der Waals surface area contributed by atoms with E-state index in [9.17, 15) is 14.4 Å². The molecule has 0 aromatic heterocycles. The smallest absolute Gasteiger partial charge is 0.303 e. The maximum absolute atomic E-state index is 9.60. The van der Waals surface area contributed by atoms with E-state index in [1.54, 1.807) is 0 Å². The summed E-state index contributed by atoms with van der Waals surface area (Å²) in [4.78, 5) is 28.8. The second-order valence-corrected chi connectivity index (χ2v) is 5.53. The molecule has 0 aromatic carbocycles. The van der Waals surface area contributed by atoms with Crippen molar-refractivity contribution in [3.05, 3.63) is 0 Å². The Balaban J connectivity index is -0.000000133. The van der Waals surface area contributed by atoms with Gasteiger partial charge in [-0.05, 0) is 32.1 Å². The topological polar surface area (TPSA) is 173 Å². The quantitative estimate of drug-likeness (QED) is 0.304. The Kier molecular flexibility index (Phi) is 35.4. The van der Waals surface area contributed by atoms with Crippen molar-refractivity contribution in [1.82, 2.24) is 0 Å². The van der Waals surface area contributed by atoms with Gasteiger partial charge >= 0.3 is 17.9 Å². The molecule has 0 aliphatic carbocycles. The van der Waals surface area contributed by atoms with Gasteiger partial charge in [0.25, 0.3) is 0 Å². The molecule has 9 nitrogen and oxygen atoms in total. The Hall–Kier alpha value is -1.71. The van der Waals surface area contributed by atoms with Gasteiger partial charge in [0.15, 0.2) is 0 Å². The summed E-state index contributed by atoms with van der Waals surface area (Å²) in [6.07, 6.45) is 4.43. The standard InChI is InChI=1S/C6H14O3.3C4H8O2/c7-3-1-2-6(4-8)5-9;3*1-2-3-4(5)6/h6-9H,1-5H2;3*2-3H2,1H3,(H,5,6).